The number of hydrogen-bond acceptors (Lipinski definition) is 4. The third-order valence-electron chi connectivity index (χ3n) is 3.66. The normalized spacial score (nSPS) is 11.2. The molecule has 7 heteroatoms. The maximum atomic E-state index is 13.5. The van der Waals surface area contributed by atoms with Crippen molar-refractivity contribution >= 4 is 48.5 Å². The molecule has 0 radical (unpaired) electrons. The van der Waals surface area contributed by atoms with E-state index in [4.69, 9.17) is 0 Å². The van der Waals surface area contributed by atoms with Crippen molar-refractivity contribution in [2.45, 2.75) is 0 Å². The number of aromatic nitrogens is 1. The van der Waals surface area contributed by atoms with Crippen LogP contribution in [0.3, 0.4) is 0 Å². The maximum absolute atomic E-state index is 13.5. The van der Waals surface area contributed by atoms with Gasteiger partial charge in [-0.15, -0.1) is 0 Å². The largest absolute Gasteiger partial charge is 0.308 e. The van der Waals surface area contributed by atoms with Crippen LogP contribution >= 0.6 is 27.3 Å². The van der Waals surface area contributed by atoms with E-state index in [9.17, 15) is 9.18 Å². The zero-order valence-electron chi connectivity index (χ0n) is 13.9. The van der Waals surface area contributed by atoms with Gasteiger partial charge in [0.25, 0.3) is 5.91 Å². The van der Waals surface area contributed by atoms with E-state index in [-0.39, 0.29) is 11.7 Å². The van der Waals surface area contributed by atoms with Crippen LogP contribution in [0.1, 0.15) is 10.4 Å². The molecule has 130 valence electrons. The molecule has 0 fully saturated rings. The second-order valence-electron chi connectivity index (χ2n) is 5.88. The van der Waals surface area contributed by atoms with Gasteiger partial charge in [0.15, 0.2) is 5.13 Å². The van der Waals surface area contributed by atoms with Crippen LogP contribution in [0.4, 0.5) is 9.52 Å². The molecular weight excluding hydrogens is 405 g/mol. The number of fused-ring (bicyclic) bond motifs is 1. The highest BCUT2D eigenvalue weighted by atomic mass is 79.9. The number of nitrogens with zero attached hydrogens (tertiary/aromatic N) is 3. The van der Waals surface area contributed by atoms with Gasteiger partial charge in [-0.1, -0.05) is 33.3 Å². The van der Waals surface area contributed by atoms with Crippen molar-refractivity contribution in [1.29, 1.82) is 0 Å². The third kappa shape index (κ3) is 4.23. The average Bonchev–Trinajstić information content (AvgIpc) is 2.97. The Labute approximate surface area is 158 Å². The predicted molar refractivity (Wildman–Crippen MR) is 104 cm³/mol. The molecule has 0 aliphatic rings. The Morgan fingerprint density at radius 2 is 2.00 bits per heavy atom. The van der Waals surface area contributed by atoms with Crippen LogP contribution in [0.2, 0.25) is 0 Å². The highest BCUT2D eigenvalue weighted by Gasteiger charge is 2.21. The van der Waals surface area contributed by atoms with Crippen molar-refractivity contribution in [1.82, 2.24) is 9.88 Å². The number of amides is 1. The van der Waals surface area contributed by atoms with Crippen molar-refractivity contribution in [3.8, 4) is 0 Å². The summed E-state index contributed by atoms with van der Waals surface area (Å²) in [5.41, 5.74) is 1.27. The Bertz CT molecular complexity index is 912. The number of benzene rings is 2. The Kier molecular flexibility index (Phi) is 5.46. The third-order valence-corrected chi connectivity index (χ3v) is 5.19. The zero-order chi connectivity index (χ0) is 18.0. The topological polar surface area (TPSA) is 36.4 Å². The van der Waals surface area contributed by atoms with Gasteiger partial charge in [0.2, 0.25) is 0 Å². The first-order valence-corrected chi connectivity index (χ1v) is 9.33. The monoisotopic (exact) mass is 421 g/mol. The summed E-state index contributed by atoms with van der Waals surface area (Å²) in [6, 6.07) is 11.7. The molecule has 1 heterocycles. The summed E-state index contributed by atoms with van der Waals surface area (Å²) < 4.78 is 15.0. The van der Waals surface area contributed by atoms with Crippen LogP contribution in [-0.4, -0.2) is 43.0 Å². The van der Waals surface area contributed by atoms with Crippen molar-refractivity contribution < 1.29 is 9.18 Å². The van der Waals surface area contributed by atoms with Crippen molar-refractivity contribution in [3.05, 3.63) is 58.3 Å². The average molecular weight is 422 g/mol. The summed E-state index contributed by atoms with van der Waals surface area (Å²) >= 11 is 4.72. The Hall–Kier alpha value is -1.83. The molecule has 3 aromatic rings. The minimum absolute atomic E-state index is 0.123. The molecule has 1 amide bonds. The summed E-state index contributed by atoms with van der Waals surface area (Å²) in [5, 5.41) is 0.576. The number of rotatable bonds is 5. The Morgan fingerprint density at radius 3 is 2.72 bits per heavy atom. The number of hydrogen-bond donors (Lipinski definition) is 0. The van der Waals surface area contributed by atoms with Gasteiger partial charge in [0.05, 0.1) is 10.2 Å². The SMILES string of the molecule is CN(C)CCN(C(=O)c1cccc(Br)c1)c1nc2ccc(F)cc2s1. The minimum atomic E-state index is -0.305. The smallest absolute Gasteiger partial charge is 0.260 e. The van der Waals surface area contributed by atoms with E-state index in [1.165, 1.54) is 23.5 Å². The molecule has 0 spiro atoms. The predicted octanol–water partition coefficient (Wildman–Crippen LogP) is 4.41. The Balaban J connectivity index is 1.99. The van der Waals surface area contributed by atoms with Crippen molar-refractivity contribution in [2.24, 2.45) is 0 Å². The van der Waals surface area contributed by atoms with Gasteiger partial charge < -0.3 is 4.90 Å². The minimum Gasteiger partial charge on any atom is -0.308 e. The molecule has 0 saturated carbocycles. The molecule has 0 N–H and O–H groups in total. The molecule has 3 rings (SSSR count). The van der Waals surface area contributed by atoms with Crippen LogP contribution in [0.25, 0.3) is 10.2 Å². The number of likely N-dealkylation sites (N-methyl/N-ethyl adjacent to an activating group) is 1. The second-order valence-corrected chi connectivity index (χ2v) is 7.80. The van der Waals surface area contributed by atoms with Crippen LogP contribution in [0, 0.1) is 5.82 Å². The number of carbonyl (C=O) groups is 1. The highest BCUT2D eigenvalue weighted by Crippen LogP contribution is 2.30. The molecule has 0 saturated heterocycles. The lowest BCUT2D eigenvalue weighted by molar-refractivity contribution is 0.0985. The highest BCUT2D eigenvalue weighted by molar-refractivity contribution is 9.10. The first-order chi connectivity index (χ1) is 11.9. The van der Waals surface area contributed by atoms with Crippen LogP contribution < -0.4 is 4.90 Å². The molecule has 0 aliphatic carbocycles. The van der Waals surface area contributed by atoms with Gasteiger partial charge >= 0.3 is 0 Å². The van der Waals surface area contributed by atoms with Gasteiger partial charge in [-0.2, -0.15) is 0 Å². The van der Waals surface area contributed by atoms with Gasteiger partial charge in [-0.25, -0.2) is 9.37 Å². The Morgan fingerprint density at radius 1 is 1.20 bits per heavy atom. The van der Waals surface area contributed by atoms with E-state index in [2.05, 4.69) is 20.9 Å². The molecule has 4 nitrogen and oxygen atoms in total. The van der Waals surface area contributed by atoms with Gasteiger partial charge in [-0.05, 0) is 50.5 Å². The molecule has 25 heavy (non-hydrogen) atoms. The molecule has 1 aromatic heterocycles. The summed E-state index contributed by atoms with van der Waals surface area (Å²) in [6.07, 6.45) is 0. The standard InChI is InChI=1S/C18H17BrFN3OS/c1-22(2)8-9-23(17(24)12-4-3-5-13(19)10-12)18-21-15-7-6-14(20)11-16(15)25-18/h3-7,10-11H,8-9H2,1-2H3. The van der Waals surface area contributed by atoms with Crippen molar-refractivity contribution in [2.75, 3.05) is 32.1 Å². The number of thiazole rings is 1. The van der Waals surface area contributed by atoms with E-state index in [0.717, 1.165) is 9.17 Å². The summed E-state index contributed by atoms with van der Waals surface area (Å²) in [4.78, 5) is 21.2. The lowest BCUT2D eigenvalue weighted by Gasteiger charge is -2.22. The molecule has 0 aliphatic heterocycles. The molecule has 2 aromatic carbocycles. The fraction of sp³-hybridized carbons (Fsp3) is 0.222. The lowest BCUT2D eigenvalue weighted by Crippen LogP contribution is -2.36. The molecule has 0 atom stereocenters. The zero-order valence-corrected chi connectivity index (χ0v) is 16.3. The number of halogens is 2. The first-order valence-electron chi connectivity index (χ1n) is 7.72. The van der Waals surface area contributed by atoms with Gasteiger partial charge in [-0.3, -0.25) is 9.69 Å². The number of anilines is 1. The van der Waals surface area contributed by atoms with E-state index >= 15 is 0 Å². The molecule has 0 unspecified atom stereocenters. The first kappa shape index (κ1) is 18.0. The summed E-state index contributed by atoms with van der Waals surface area (Å²) in [6.45, 7) is 1.20. The van der Waals surface area contributed by atoms with E-state index in [0.29, 0.717) is 29.3 Å². The van der Waals surface area contributed by atoms with Crippen LogP contribution in [-0.2, 0) is 0 Å². The van der Waals surface area contributed by atoms with E-state index in [1.54, 1.807) is 23.1 Å². The quantitative estimate of drug-likeness (QED) is 0.612. The summed E-state index contributed by atoms with van der Waals surface area (Å²) in [5.74, 6) is -0.427. The molecule has 0 bridgehead atoms. The van der Waals surface area contributed by atoms with Crippen LogP contribution in [0.5, 0.6) is 0 Å². The lowest BCUT2D eigenvalue weighted by atomic mass is 10.2. The second kappa shape index (κ2) is 7.59. The van der Waals surface area contributed by atoms with Gasteiger partial charge in [0, 0.05) is 23.1 Å². The maximum Gasteiger partial charge on any atom is 0.260 e. The summed E-state index contributed by atoms with van der Waals surface area (Å²) in [7, 11) is 3.91. The molecular formula is C18H17BrFN3OS. The van der Waals surface area contributed by atoms with Crippen molar-refractivity contribution in [3.63, 3.8) is 0 Å². The van der Waals surface area contributed by atoms with Crippen LogP contribution in [0.15, 0.2) is 46.9 Å². The van der Waals surface area contributed by atoms with Gasteiger partial charge in [0.1, 0.15) is 5.82 Å². The van der Waals surface area contributed by atoms with E-state index in [1.807, 2.05) is 31.1 Å². The fourth-order valence-corrected chi connectivity index (χ4v) is 3.78. The number of carbonyl (C=O) groups excluding carboxylic acids is 1. The van der Waals surface area contributed by atoms with E-state index < -0.39 is 0 Å². The fourth-order valence-electron chi connectivity index (χ4n) is 2.36.